The second kappa shape index (κ2) is 6.30. The molecule has 3 aliphatic rings. The molecule has 5 atom stereocenters. The third-order valence-electron chi connectivity index (χ3n) is 6.03. The summed E-state index contributed by atoms with van der Waals surface area (Å²) in [4.78, 5) is 2.47. The van der Waals surface area contributed by atoms with Crippen LogP contribution < -0.4 is 16.4 Å². The standard InChI is InChI=1S/C16H32N4/c1-11-16(20(2)10-19-11)13-8-15(18-9-14(13)17)12-6-4-3-5-7-12/h11-16,18-19H,3-10,17H2,1-2H3. The molecule has 1 saturated carbocycles. The van der Waals surface area contributed by atoms with Crippen LogP contribution in [0.15, 0.2) is 0 Å². The average Bonchev–Trinajstić information content (AvgIpc) is 2.80. The molecule has 4 nitrogen and oxygen atoms in total. The molecule has 4 heteroatoms. The Bertz CT molecular complexity index is 306. The highest BCUT2D eigenvalue weighted by molar-refractivity contribution is 5.00. The Kier molecular flexibility index (Phi) is 4.65. The van der Waals surface area contributed by atoms with Gasteiger partial charge in [-0.05, 0) is 45.1 Å². The molecule has 4 N–H and O–H groups in total. The van der Waals surface area contributed by atoms with Crippen molar-refractivity contribution in [2.45, 2.75) is 69.6 Å². The van der Waals surface area contributed by atoms with Crippen molar-refractivity contribution in [3.63, 3.8) is 0 Å². The van der Waals surface area contributed by atoms with Crippen LogP contribution in [0.2, 0.25) is 0 Å². The summed E-state index contributed by atoms with van der Waals surface area (Å²) in [5, 5.41) is 7.34. The first kappa shape index (κ1) is 14.8. The van der Waals surface area contributed by atoms with E-state index in [-0.39, 0.29) is 0 Å². The van der Waals surface area contributed by atoms with E-state index >= 15 is 0 Å². The summed E-state index contributed by atoms with van der Waals surface area (Å²) >= 11 is 0. The fourth-order valence-corrected chi connectivity index (χ4v) is 4.87. The second-order valence-electron chi connectivity index (χ2n) is 7.37. The number of piperidine rings is 1. The van der Waals surface area contributed by atoms with Crippen molar-refractivity contribution >= 4 is 0 Å². The van der Waals surface area contributed by atoms with E-state index in [0.29, 0.717) is 30.1 Å². The minimum absolute atomic E-state index is 0.310. The number of hydrogen-bond acceptors (Lipinski definition) is 4. The monoisotopic (exact) mass is 280 g/mol. The molecule has 2 saturated heterocycles. The molecule has 2 heterocycles. The van der Waals surface area contributed by atoms with Gasteiger partial charge in [0, 0.05) is 37.4 Å². The van der Waals surface area contributed by atoms with Gasteiger partial charge in [-0.25, -0.2) is 0 Å². The zero-order chi connectivity index (χ0) is 14.1. The lowest BCUT2D eigenvalue weighted by molar-refractivity contribution is 0.115. The number of nitrogens with two attached hydrogens (primary N) is 1. The molecule has 20 heavy (non-hydrogen) atoms. The highest BCUT2D eigenvalue weighted by Gasteiger charge is 2.42. The predicted octanol–water partition coefficient (Wildman–Crippen LogP) is 1.12. The molecule has 0 aromatic rings. The Morgan fingerprint density at radius 2 is 1.85 bits per heavy atom. The predicted molar refractivity (Wildman–Crippen MR) is 83.5 cm³/mol. The molecule has 1 aliphatic carbocycles. The van der Waals surface area contributed by atoms with E-state index in [1.807, 2.05) is 0 Å². The van der Waals surface area contributed by atoms with Gasteiger partial charge in [0.05, 0.1) is 0 Å². The van der Waals surface area contributed by atoms with Crippen LogP contribution >= 0.6 is 0 Å². The van der Waals surface area contributed by atoms with Crippen LogP contribution in [0.5, 0.6) is 0 Å². The number of rotatable bonds is 2. The van der Waals surface area contributed by atoms with Gasteiger partial charge in [-0.15, -0.1) is 0 Å². The highest BCUT2D eigenvalue weighted by atomic mass is 15.3. The summed E-state index contributed by atoms with van der Waals surface area (Å²) in [5.74, 6) is 1.53. The molecule has 0 amide bonds. The zero-order valence-electron chi connectivity index (χ0n) is 13.1. The summed E-state index contributed by atoms with van der Waals surface area (Å²) in [6.45, 7) is 4.33. The maximum Gasteiger partial charge on any atom is 0.0483 e. The zero-order valence-corrected chi connectivity index (χ0v) is 13.1. The lowest BCUT2D eigenvalue weighted by Crippen LogP contribution is -2.59. The molecule has 0 aromatic carbocycles. The van der Waals surface area contributed by atoms with Crippen LogP contribution in [0.25, 0.3) is 0 Å². The number of likely N-dealkylation sites (N-methyl/N-ethyl adjacent to an activating group) is 1. The fourth-order valence-electron chi connectivity index (χ4n) is 4.87. The molecule has 3 rings (SSSR count). The van der Waals surface area contributed by atoms with Crippen molar-refractivity contribution in [2.75, 3.05) is 20.3 Å². The third-order valence-corrected chi connectivity index (χ3v) is 6.03. The van der Waals surface area contributed by atoms with Gasteiger partial charge in [0.2, 0.25) is 0 Å². The molecule has 0 aromatic heterocycles. The first-order chi connectivity index (χ1) is 9.66. The van der Waals surface area contributed by atoms with Gasteiger partial charge in [0.15, 0.2) is 0 Å². The van der Waals surface area contributed by atoms with E-state index in [0.717, 1.165) is 19.1 Å². The minimum atomic E-state index is 0.310. The first-order valence-corrected chi connectivity index (χ1v) is 8.59. The first-order valence-electron chi connectivity index (χ1n) is 8.59. The fraction of sp³-hybridized carbons (Fsp3) is 1.00. The van der Waals surface area contributed by atoms with Crippen LogP contribution in [-0.2, 0) is 0 Å². The maximum atomic E-state index is 6.46. The Morgan fingerprint density at radius 3 is 2.50 bits per heavy atom. The van der Waals surface area contributed by atoms with E-state index < -0.39 is 0 Å². The van der Waals surface area contributed by atoms with Crippen LogP contribution in [-0.4, -0.2) is 49.3 Å². The van der Waals surface area contributed by atoms with Crippen molar-refractivity contribution in [2.24, 2.45) is 17.6 Å². The van der Waals surface area contributed by atoms with Gasteiger partial charge in [-0.3, -0.25) is 4.90 Å². The van der Waals surface area contributed by atoms with Gasteiger partial charge < -0.3 is 16.4 Å². The van der Waals surface area contributed by atoms with Crippen molar-refractivity contribution in [3.05, 3.63) is 0 Å². The van der Waals surface area contributed by atoms with Crippen molar-refractivity contribution < 1.29 is 0 Å². The van der Waals surface area contributed by atoms with Crippen molar-refractivity contribution in [1.82, 2.24) is 15.5 Å². The minimum Gasteiger partial charge on any atom is -0.326 e. The average molecular weight is 280 g/mol. The molecule has 116 valence electrons. The van der Waals surface area contributed by atoms with Crippen LogP contribution in [0.4, 0.5) is 0 Å². The Labute approximate surface area is 123 Å². The molecule has 3 fully saturated rings. The number of hydrogen-bond donors (Lipinski definition) is 3. The van der Waals surface area contributed by atoms with Crippen LogP contribution in [0.3, 0.4) is 0 Å². The maximum absolute atomic E-state index is 6.46. The molecular formula is C16H32N4. The Hall–Kier alpha value is -0.160. The highest BCUT2D eigenvalue weighted by Crippen LogP contribution is 2.34. The molecule has 2 aliphatic heterocycles. The number of nitrogens with one attached hydrogen (secondary N) is 2. The van der Waals surface area contributed by atoms with Gasteiger partial charge in [-0.1, -0.05) is 19.3 Å². The summed E-state index contributed by atoms with van der Waals surface area (Å²) in [6.07, 6.45) is 8.43. The third kappa shape index (κ3) is 2.89. The van der Waals surface area contributed by atoms with Gasteiger partial charge in [0.25, 0.3) is 0 Å². The largest absolute Gasteiger partial charge is 0.326 e. The normalized spacial score (nSPS) is 44.9. The number of nitrogens with zero attached hydrogens (tertiary/aromatic N) is 1. The molecule has 0 spiro atoms. The SMILES string of the molecule is CC1NCN(C)C1C1CC(C2CCCCC2)NCC1N. The second-order valence-corrected chi connectivity index (χ2v) is 7.37. The molecule has 0 radical (unpaired) electrons. The van der Waals surface area contributed by atoms with E-state index in [1.165, 1.54) is 38.5 Å². The summed E-state index contributed by atoms with van der Waals surface area (Å²) in [6, 6.07) is 2.20. The lowest BCUT2D eigenvalue weighted by Gasteiger charge is -2.44. The van der Waals surface area contributed by atoms with E-state index in [1.54, 1.807) is 0 Å². The van der Waals surface area contributed by atoms with Crippen LogP contribution in [0.1, 0.15) is 45.4 Å². The van der Waals surface area contributed by atoms with Crippen molar-refractivity contribution in [3.8, 4) is 0 Å². The molecular weight excluding hydrogens is 248 g/mol. The Morgan fingerprint density at radius 1 is 1.10 bits per heavy atom. The smallest absolute Gasteiger partial charge is 0.0483 e. The lowest BCUT2D eigenvalue weighted by atomic mass is 9.74. The summed E-state index contributed by atoms with van der Waals surface area (Å²) in [5.41, 5.74) is 6.46. The van der Waals surface area contributed by atoms with Gasteiger partial charge in [0.1, 0.15) is 0 Å². The summed E-state index contributed by atoms with van der Waals surface area (Å²) < 4.78 is 0. The van der Waals surface area contributed by atoms with E-state index in [9.17, 15) is 0 Å². The quantitative estimate of drug-likeness (QED) is 0.709. The van der Waals surface area contributed by atoms with Crippen molar-refractivity contribution in [1.29, 1.82) is 0 Å². The summed E-state index contributed by atoms with van der Waals surface area (Å²) in [7, 11) is 2.24. The topological polar surface area (TPSA) is 53.3 Å². The Balaban J connectivity index is 1.66. The van der Waals surface area contributed by atoms with Gasteiger partial charge >= 0.3 is 0 Å². The van der Waals surface area contributed by atoms with Gasteiger partial charge in [-0.2, -0.15) is 0 Å². The molecule has 0 bridgehead atoms. The van der Waals surface area contributed by atoms with Crippen LogP contribution in [0, 0.1) is 11.8 Å². The molecule has 5 unspecified atom stereocenters. The van der Waals surface area contributed by atoms with E-state index in [4.69, 9.17) is 5.73 Å². The van der Waals surface area contributed by atoms with E-state index in [2.05, 4.69) is 29.5 Å².